The molecule has 0 aliphatic rings. The second-order valence-corrected chi connectivity index (χ2v) is 13.3. The lowest BCUT2D eigenvalue weighted by atomic mass is 10.1. The minimum Gasteiger partial charge on any atom is -0.480 e. The maximum atomic E-state index is 12.9. The number of unbranched alkanes of at least 4 members (excludes halogenated alkanes) is 1. The Morgan fingerprint density at radius 2 is 1.31 bits per heavy atom. The lowest BCUT2D eigenvalue weighted by molar-refractivity contribution is -0.143. The van der Waals surface area contributed by atoms with Crippen LogP contribution in [-0.4, -0.2) is 101 Å². The smallest absolute Gasteiger partial charge is 0.326 e. The van der Waals surface area contributed by atoms with Gasteiger partial charge in [-0.2, -0.15) is 4.98 Å². The maximum absolute atomic E-state index is 12.9. The number of carboxylic acids is 3. The first kappa shape index (κ1) is 45.6. The number of hydrogen-bond donors (Lipinski definition) is 10. The fraction of sp³-hybridized carbons (Fsp3) is 0.324. The summed E-state index contributed by atoms with van der Waals surface area (Å²) in [6.07, 6.45) is 0.289. The lowest BCUT2D eigenvalue weighted by Gasteiger charge is -2.18. The lowest BCUT2D eigenvalue weighted by Crippen LogP contribution is -2.45. The van der Waals surface area contributed by atoms with Crippen LogP contribution in [0.1, 0.15) is 71.4 Å². The number of hydrogen-bond acceptors (Lipinski definition) is 14. The second kappa shape index (κ2) is 22.1. The van der Waals surface area contributed by atoms with Gasteiger partial charge in [-0.15, -0.1) is 0 Å². The van der Waals surface area contributed by atoms with Crippen LogP contribution in [0.5, 0.6) is 0 Å². The fourth-order valence-corrected chi connectivity index (χ4v) is 5.59. The van der Waals surface area contributed by atoms with Crippen molar-refractivity contribution in [3.63, 3.8) is 0 Å². The van der Waals surface area contributed by atoms with Crippen molar-refractivity contribution in [2.75, 3.05) is 17.6 Å². The number of amides is 4. The Kier molecular flexibility index (Phi) is 16.5. The molecule has 4 aromatic rings. The molecule has 2 aromatic heterocycles. The molecule has 2 heterocycles. The zero-order valence-electron chi connectivity index (χ0n) is 32.2. The molecule has 3 atom stereocenters. The summed E-state index contributed by atoms with van der Waals surface area (Å²) in [5, 5.41) is 44.9. The first-order chi connectivity index (χ1) is 29.1. The van der Waals surface area contributed by atoms with E-state index in [4.69, 9.17) is 11.3 Å². The summed E-state index contributed by atoms with van der Waals surface area (Å²) >= 11 is 0. The molecule has 0 saturated carbocycles. The van der Waals surface area contributed by atoms with E-state index in [-0.39, 0.29) is 42.2 Å². The van der Waals surface area contributed by atoms with Gasteiger partial charge in [-0.05, 0) is 74.0 Å². The van der Waals surface area contributed by atoms with Gasteiger partial charge in [0.2, 0.25) is 17.8 Å². The number of aromatic amines is 1. The number of azide groups is 1. The van der Waals surface area contributed by atoms with Gasteiger partial charge < -0.3 is 47.6 Å². The quantitative estimate of drug-likeness (QED) is 0.0218. The first-order valence-electron chi connectivity index (χ1n) is 18.5. The van der Waals surface area contributed by atoms with Gasteiger partial charge in [0.15, 0.2) is 11.2 Å². The van der Waals surface area contributed by atoms with Gasteiger partial charge in [-0.1, -0.05) is 17.2 Å². The Bertz CT molecular complexity index is 2370. The zero-order valence-corrected chi connectivity index (χ0v) is 32.2. The van der Waals surface area contributed by atoms with Crippen LogP contribution in [0.25, 0.3) is 21.6 Å². The van der Waals surface area contributed by atoms with Crippen molar-refractivity contribution in [2.24, 2.45) is 5.11 Å². The number of anilines is 2. The van der Waals surface area contributed by atoms with Gasteiger partial charge in [-0.25, -0.2) is 24.4 Å². The van der Waals surface area contributed by atoms with Gasteiger partial charge in [0.1, 0.15) is 18.1 Å². The molecule has 0 aliphatic heterocycles. The van der Waals surface area contributed by atoms with E-state index in [0.717, 1.165) is 0 Å². The topological polar surface area (TPSA) is 387 Å². The number of carbonyl (C=O) groups excluding carboxylic acids is 4. The number of fused-ring (bicyclic) bond motifs is 1. The highest BCUT2D eigenvalue weighted by Crippen LogP contribution is 2.14. The summed E-state index contributed by atoms with van der Waals surface area (Å²) in [4.78, 5) is 115. The van der Waals surface area contributed by atoms with Crippen molar-refractivity contribution in [3.8, 4) is 0 Å². The monoisotopic (exact) mass is 843 g/mol. The molecule has 0 bridgehead atoms. The molecule has 24 nitrogen and oxygen atoms in total. The van der Waals surface area contributed by atoms with E-state index >= 15 is 0 Å². The van der Waals surface area contributed by atoms with Crippen molar-refractivity contribution in [1.82, 2.24) is 41.2 Å². The van der Waals surface area contributed by atoms with Crippen LogP contribution in [0.3, 0.4) is 0 Å². The largest absolute Gasteiger partial charge is 0.480 e. The average Bonchev–Trinajstić information content (AvgIpc) is 3.22. The summed E-state index contributed by atoms with van der Waals surface area (Å²) in [5.74, 6) is -7.18. The number of benzene rings is 2. The number of rotatable bonds is 23. The Balaban J connectivity index is 1.17. The normalized spacial score (nSPS) is 12.1. The minimum absolute atomic E-state index is 0.00208. The van der Waals surface area contributed by atoms with Crippen LogP contribution in [0, 0.1) is 0 Å². The molecule has 11 N–H and O–H groups in total. The van der Waals surface area contributed by atoms with E-state index < -0.39 is 90.9 Å². The molecular weight excluding hydrogens is 802 g/mol. The van der Waals surface area contributed by atoms with Gasteiger partial charge in [-0.3, -0.25) is 29.0 Å². The Morgan fingerprint density at radius 3 is 1.90 bits per heavy atom. The van der Waals surface area contributed by atoms with Crippen molar-refractivity contribution in [1.29, 1.82) is 0 Å². The third kappa shape index (κ3) is 14.3. The predicted octanol–water partition coefficient (Wildman–Crippen LogP) is 1.33. The Labute approximate surface area is 344 Å². The number of aromatic nitrogens is 4. The summed E-state index contributed by atoms with van der Waals surface area (Å²) in [6, 6.07) is 7.41. The third-order valence-corrected chi connectivity index (χ3v) is 8.79. The molecule has 0 unspecified atom stereocenters. The van der Waals surface area contributed by atoms with E-state index in [1.54, 1.807) is 12.1 Å². The van der Waals surface area contributed by atoms with E-state index in [2.05, 4.69) is 56.5 Å². The second-order valence-electron chi connectivity index (χ2n) is 13.3. The number of nitrogens with zero attached hydrogens (tertiary/aromatic N) is 6. The molecule has 0 fully saturated rings. The summed E-state index contributed by atoms with van der Waals surface area (Å²) in [6.45, 7) is 0.353. The zero-order chi connectivity index (χ0) is 44.5. The number of nitrogens with one attached hydrogen (secondary N) is 6. The molecule has 24 heteroatoms. The van der Waals surface area contributed by atoms with Crippen LogP contribution >= 0.6 is 0 Å². The van der Waals surface area contributed by atoms with Gasteiger partial charge in [0.05, 0.1) is 18.4 Å². The van der Waals surface area contributed by atoms with E-state index in [1.807, 2.05) is 0 Å². The highest BCUT2D eigenvalue weighted by atomic mass is 16.4. The molecule has 0 spiro atoms. The summed E-state index contributed by atoms with van der Waals surface area (Å²) in [5.41, 5.74) is 15.2. The molecule has 0 radical (unpaired) electrons. The molecule has 2 aromatic carbocycles. The van der Waals surface area contributed by atoms with E-state index in [1.165, 1.54) is 42.6 Å². The van der Waals surface area contributed by atoms with Crippen molar-refractivity contribution in [2.45, 2.75) is 69.6 Å². The molecule has 0 saturated heterocycles. The predicted molar refractivity (Wildman–Crippen MR) is 214 cm³/mol. The molecule has 0 aliphatic carbocycles. The van der Waals surface area contributed by atoms with Crippen LogP contribution in [-0.2, 0) is 30.5 Å². The number of nitrogen functional groups attached to an aromatic ring is 1. The van der Waals surface area contributed by atoms with Crippen molar-refractivity contribution >= 4 is 70.0 Å². The number of H-pyrrole nitrogens is 1. The number of nitrogens with two attached hydrogens (primary N) is 1. The number of carboxylic acid groups (broad SMARTS) is 3. The highest BCUT2D eigenvalue weighted by Gasteiger charge is 2.26. The highest BCUT2D eigenvalue weighted by molar-refractivity contribution is 5.97. The van der Waals surface area contributed by atoms with Gasteiger partial charge in [0.25, 0.3) is 17.4 Å². The SMILES string of the molecule is [N-]=[N+]=Nc1ccc(C(=O)NCCCC[C@H](NC(=O)CC[C@H](NC(=O)CC[C@H](NC(=O)c2ccc(NCc3cnc4nc(N)[nH]c(=O)c4n3)cc2)C(=O)O)C(=O)O)C(=O)O)cc1. The Morgan fingerprint density at radius 1 is 0.754 bits per heavy atom. The molecule has 320 valence electrons. The maximum Gasteiger partial charge on any atom is 0.326 e. The third-order valence-electron chi connectivity index (χ3n) is 8.79. The fourth-order valence-electron chi connectivity index (χ4n) is 5.59. The van der Waals surface area contributed by atoms with Gasteiger partial charge in [0, 0.05) is 46.8 Å². The number of aliphatic carboxylic acids is 3. The van der Waals surface area contributed by atoms with Crippen LogP contribution in [0.4, 0.5) is 17.3 Å². The van der Waals surface area contributed by atoms with Crippen molar-refractivity contribution < 1.29 is 48.9 Å². The Hall–Kier alpha value is -8.14. The molecule has 4 amide bonds. The van der Waals surface area contributed by atoms with E-state index in [9.17, 15) is 53.7 Å². The minimum atomic E-state index is -1.57. The molecular formula is C37H41N13O11. The molecule has 4 rings (SSSR count). The van der Waals surface area contributed by atoms with Crippen molar-refractivity contribution in [3.05, 3.63) is 92.3 Å². The van der Waals surface area contributed by atoms with E-state index in [0.29, 0.717) is 35.5 Å². The van der Waals surface area contributed by atoms with Gasteiger partial charge >= 0.3 is 17.9 Å². The standard InChI is InChI=1S/C37H41N13O11/c38-37-47-30-29(33(55)48-37)43-23(18-42-30)17-41-21-8-4-20(5-9-21)32(54)46-26(36(60)61)13-15-28(52)45-25(35(58)59)12-14-27(51)44-24(34(56)57)3-1-2-16-40-31(53)19-6-10-22(11-7-19)49-50-39/h4-11,18,24-26,41H,1-3,12-17H2,(H,40,53)(H,44,51)(H,45,52)(H,46,54)(H,56,57)(H,58,59)(H,60,61)(H3,38,42,47,48,55)/t24-,25-,26-/m0/s1. The summed E-state index contributed by atoms with van der Waals surface area (Å²) < 4.78 is 0. The first-order valence-corrected chi connectivity index (χ1v) is 18.5. The number of carbonyl (C=O) groups is 7. The van der Waals surface area contributed by atoms with Crippen LogP contribution in [0.15, 0.2) is 64.6 Å². The van der Waals surface area contributed by atoms with Crippen LogP contribution < -0.4 is 37.9 Å². The summed E-state index contributed by atoms with van der Waals surface area (Å²) in [7, 11) is 0. The van der Waals surface area contributed by atoms with Crippen LogP contribution in [0.2, 0.25) is 0 Å². The average molecular weight is 844 g/mol. The molecule has 61 heavy (non-hydrogen) atoms.